The summed E-state index contributed by atoms with van der Waals surface area (Å²) in [6.07, 6.45) is 1.60. The smallest absolute Gasteiger partial charge is 0.211 e. The van der Waals surface area contributed by atoms with E-state index in [-0.39, 0.29) is 5.75 Å². The topological polar surface area (TPSA) is 58.2 Å². The third kappa shape index (κ3) is 5.95. The molecular formula is C12H22N2O2S2. The number of hydrogen-bond acceptors (Lipinski definition) is 4. The van der Waals surface area contributed by atoms with Crippen LogP contribution in [0.3, 0.4) is 0 Å². The summed E-state index contributed by atoms with van der Waals surface area (Å²) in [6.45, 7) is 6.27. The zero-order valence-corrected chi connectivity index (χ0v) is 12.7. The Balaban J connectivity index is 2.25. The van der Waals surface area contributed by atoms with Gasteiger partial charge >= 0.3 is 0 Å². The number of aryl methyl sites for hydroxylation is 1. The van der Waals surface area contributed by atoms with Gasteiger partial charge in [-0.2, -0.15) is 0 Å². The van der Waals surface area contributed by atoms with Crippen molar-refractivity contribution in [2.45, 2.75) is 33.2 Å². The highest BCUT2D eigenvalue weighted by Gasteiger charge is 2.10. The Kier molecular flexibility index (Phi) is 6.85. The Morgan fingerprint density at radius 2 is 2.11 bits per heavy atom. The van der Waals surface area contributed by atoms with Gasteiger partial charge in [0, 0.05) is 11.4 Å². The number of sulfonamides is 1. The minimum atomic E-state index is -3.13. The van der Waals surface area contributed by atoms with Crippen LogP contribution in [0.5, 0.6) is 0 Å². The van der Waals surface area contributed by atoms with Gasteiger partial charge in [0.1, 0.15) is 0 Å². The Hall–Kier alpha value is -0.430. The monoisotopic (exact) mass is 290 g/mol. The third-order valence-electron chi connectivity index (χ3n) is 2.69. The molecule has 4 nitrogen and oxygen atoms in total. The predicted molar refractivity (Wildman–Crippen MR) is 77.5 cm³/mol. The van der Waals surface area contributed by atoms with E-state index >= 15 is 0 Å². The highest BCUT2D eigenvalue weighted by atomic mass is 32.2. The molecule has 18 heavy (non-hydrogen) atoms. The molecule has 2 N–H and O–H groups in total. The van der Waals surface area contributed by atoms with Crippen molar-refractivity contribution in [2.24, 2.45) is 0 Å². The van der Waals surface area contributed by atoms with E-state index in [9.17, 15) is 8.42 Å². The number of unbranched alkanes of at least 4 members (excludes halogenated alkanes) is 1. The van der Waals surface area contributed by atoms with Crippen LogP contribution in [0, 0.1) is 6.92 Å². The Bertz CT molecular complexity index is 441. The van der Waals surface area contributed by atoms with Crippen molar-refractivity contribution in [2.75, 3.05) is 18.8 Å². The van der Waals surface area contributed by atoms with Gasteiger partial charge in [-0.05, 0) is 49.9 Å². The van der Waals surface area contributed by atoms with Crippen LogP contribution >= 0.6 is 11.3 Å². The molecule has 0 atom stereocenters. The first-order valence-electron chi connectivity index (χ1n) is 6.26. The van der Waals surface area contributed by atoms with Crippen LogP contribution in [0.2, 0.25) is 0 Å². The van der Waals surface area contributed by atoms with Crippen molar-refractivity contribution in [1.82, 2.24) is 10.0 Å². The molecule has 104 valence electrons. The maximum atomic E-state index is 11.7. The molecule has 0 saturated carbocycles. The van der Waals surface area contributed by atoms with Gasteiger partial charge in [0.2, 0.25) is 10.0 Å². The van der Waals surface area contributed by atoms with Gasteiger partial charge in [-0.3, -0.25) is 0 Å². The van der Waals surface area contributed by atoms with Crippen molar-refractivity contribution >= 4 is 21.4 Å². The van der Waals surface area contributed by atoms with Crippen molar-refractivity contribution in [3.63, 3.8) is 0 Å². The summed E-state index contributed by atoms with van der Waals surface area (Å²) in [7, 11) is -3.13. The van der Waals surface area contributed by atoms with E-state index in [1.165, 1.54) is 0 Å². The molecule has 0 bridgehead atoms. The van der Waals surface area contributed by atoms with E-state index < -0.39 is 10.0 Å². The van der Waals surface area contributed by atoms with E-state index in [0.29, 0.717) is 13.0 Å². The van der Waals surface area contributed by atoms with Crippen molar-refractivity contribution in [1.29, 1.82) is 0 Å². The van der Waals surface area contributed by atoms with Crippen molar-refractivity contribution < 1.29 is 8.42 Å². The standard InChI is InChI=1S/C12H22N2O2S2/c1-3-13-7-4-5-9-18(15,16)14-10-12-11(2)6-8-17-12/h6,8,13-14H,3-5,7,9-10H2,1-2H3. The van der Waals surface area contributed by atoms with Crippen LogP contribution in [0.1, 0.15) is 30.2 Å². The second kappa shape index (κ2) is 7.89. The molecule has 0 saturated heterocycles. The molecule has 0 amide bonds. The summed E-state index contributed by atoms with van der Waals surface area (Å²) >= 11 is 1.59. The summed E-state index contributed by atoms with van der Waals surface area (Å²) in [6, 6.07) is 2.00. The molecule has 1 aromatic rings. The number of hydrogen-bond donors (Lipinski definition) is 2. The number of rotatable bonds is 9. The lowest BCUT2D eigenvalue weighted by molar-refractivity contribution is 0.574. The van der Waals surface area contributed by atoms with Crippen molar-refractivity contribution in [3.05, 3.63) is 21.9 Å². The van der Waals surface area contributed by atoms with Crippen LogP contribution in [-0.4, -0.2) is 27.3 Å². The van der Waals surface area contributed by atoms with Gasteiger partial charge in [0.25, 0.3) is 0 Å². The molecule has 0 unspecified atom stereocenters. The third-order valence-corrected chi connectivity index (χ3v) is 5.12. The zero-order valence-electron chi connectivity index (χ0n) is 11.0. The Labute approximate surface area is 114 Å². The normalized spacial score (nSPS) is 11.9. The molecule has 0 aliphatic carbocycles. The molecule has 0 aromatic carbocycles. The van der Waals surface area contributed by atoms with Gasteiger partial charge < -0.3 is 5.32 Å². The van der Waals surface area contributed by atoms with E-state index in [0.717, 1.165) is 30.0 Å². The lowest BCUT2D eigenvalue weighted by Gasteiger charge is -2.06. The van der Waals surface area contributed by atoms with Crippen molar-refractivity contribution in [3.8, 4) is 0 Å². The van der Waals surface area contributed by atoms with Crippen LogP contribution in [-0.2, 0) is 16.6 Å². The van der Waals surface area contributed by atoms with Gasteiger partial charge in [-0.25, -0.2) is 13.1 Å². The van der Waals surface area contributed by atoms with Gasteiger partial charge in [0.05, 0.1) is 5.75 Å². The number of thiophene rings is 1. The first-order valence-corrected chi connectivity index (χ1v) is 8.79. The fourth-order valence-corrected chi connectivity index (χ4v) is 3.58. The van der Waals surface area contributed by atoms with Crippen LogP contribution < -0.4 is 10.0 Å². The summed E-state index contributed by atoms with van der Waals surface area (Å²) in [4.78, 5) is 1.09. The van der Waals surface area contributed by atoms with Gasteiger partial charge in [-0.15, -0.1) is 11.3 Å². The molecule has 1 rings (SSSR count). The highest BCUT2D eigenvalue weighted by molar-refractivity contribution is 7.89. The second-order valence-electron chi connectivity index (χ2n) is 4.23. The lowest BCUT2D eigenvalue weighted by Crippen LogP contribution is -2.26. The van der Waals surface area contributed by atoms with E-state index in [2.05, 4.69) is 10.0 Å². The molecule has 6 heteroatoms. The zero-order chi connectivity index (χ0) is 13.4. The van der Waals surface area contributed by atoms with E-state index in [4.69, 9.17) is 0 Å². The van der Waals surface area contributed by atoms with Crippen LogP contribution in [0.25, 0.3) is 0 Å². The quantitative estimate of drug-likeness (QED) is 0.683. The number of nitrogens with one attached hydrogen (secondary N) is 2. The van der Waals surface area contributed by atoms with Gasteiger partial charge in [-0.1, -0.05) is 6.92 Å². The molecule has 0 radical (unpaired) electrons. The highest BCUT2D eigenvalue weighted by Crippen LogP contribution is 2.15. The average Bonchev–Trinajstić information content (AvgIpc) is 2.72. The first kappa shape index (κ1) is 15.6. The SMILES string of the molecule is CCNCCCCS(=O)(=O)NCc1sccc1C. The van der Waals surface area contributed by atoms with E-state index in [1.807, 2.05) is 25.3 Å². The molecule has 0 aliphatic rings. The summed E-state index contributed by atoms with van der Waals surface area (Å²) in [5, 5.41) is 5.16. The molecule has 0 aliphatic heterocycles. The largest absolute Gasteiger partial charge is 0.317 e. The molecule has 0 spiro atoms. The minimum absolute atomic E-state index is 0.211. The van der Waals surface area contributed by atoms with Gasteiger partial charge in [0.15, 0.2) is 0 Å². The molecular weight excluding hydrogens is 268 g/mol. The predicted octanol–water partition coefficient (Wildman–Crippen LogP) is 1.87. The molecule has 0 fully saturated rings. The minimum Gasteiger partial charge on any atom is -0.317 e. The average molecular weight is 290 g/mol. The van der Waals surface area contributed by atoms with E-state index in [1.54, 1.807) is 11.3 Å². The fraction of sp³-hybridized carbons (Fsp3) is 0.667. The summed E-state index contributed by atoms with van der Waals surface area (Å²) < 4.78 is 26.1. The summed E-state index contributed by atoms with van der Waals surface area (Å²) in [5.74, 6) is 0.211. The lowest BCUT2D eigenvalue weighted by atomic mass is 10.3. The Morgan fingerprint density at radius 1 is 1.33 bits per heavy atom. The Morgan fingerprint density at radius 3 is 2.72 bits per heavy atom. The molecule has 1 heterocycles. The maximum absolute atomic E-state index is 11.7. The van der Waals surface area contributed by atoms with Crippen LogP contribution in [0.4, 0.5) is 0 Å². The maximum Gasteiger partial charge on any atom is 0.211 e. The molecule has 1 aromatic heterocycles. The summed E-state index contributed by atoms with van der Waals surface area (Å²) in [5.41, 5.74) is 1.15. The fourth-order valence-electron chi connectivity index (χ4n) is 1.55. The van der Waals surface area contributed by atoms with Crippen LogP contribution in [0.15, 0.2) is 11.4 Å². The second-order valence-corrected chi connectivity index (χ2v) is 7.15. The first-order chi connectivity index (χ1) is 8.55.